The number of fused-ring (bicyclic) bond motifs is 1. The van der Waals surface area contributed by atoms with Crippen LogP contribution in [0.15, 0.2) is 65.1 Å². The number of carbonyl (C=O) groups excluding carboxylic acids is 1. The number of hydrogen-bond donors (Lipinski definition) is 1. The van der Waals surface area contributed by atoms with Crippen molar-refractivity contribution < 1.29 is 13.9 Å². The van der Waals surface area contributed by atoms with Crippen LogP contribution in [0.3, 0.4) is 0 Å². The third-order valence-electron chi connectivity index (χ3n) is 6.63. The van der Waals surface area contributed by atoms with Crippen LogP contribution in [-0.4, -0.2) is 17.5 Å². The summed E-state index contributed by atoms with van der Waals surface area (Å²) in [5, 5.41) is 2.96. The van der Waals surface area contributed by atoms with Crippen molar-refractivity contribution in [2.75, 3.05) is 11.9 Å². The Balaban J connectivity index is 1.22. The molecule has 0 aliphatic heterocycles. The maximum absolute atomic E-state index is 12.6. The van der Waals surface area contributed by atoms with Crippen molar-refractivity contribution in [1.29, 1.82) is 0 Å². The van der Waals surface area contributed by atoms with E-state index in [9.17, 15) is 4.79 Å². The molecule has 1 fully saturated rings. The number of hydrogen-bond acceptors (Lipinski definition) is 4. The molecular weight excluding hydrogens is 424 g/mol. The van der Waals surface area contributed by atoms with Gasteiger partial charge in [0.15, 0.2) is 12.2 Å². The van der Waals surface area contributed by atoms with Crippen LogP contribution in [-0.2, 0) is 4.79 Å². The van der Waals surface area contributed by atoms with Gasteiger partial charge in [0, 0.05) is 11.3 Å². The van der Waals surface area contributed by atoms with Crippen LogP contribution in [0, 0.1) is 13.8 Å². The molecular formula is C29H30N2O3. The number of aryl methyl sites for hydroxylation is 2. The zero-order valence-electron chi connectivity index (χ0n) is 19.8. The van der Waals surface area contributed by atoms with E-state index in [1.807, 2.05) is 62.4 Å². The molecule has 1 saturated carbocycles. The van der Waals surface area contributed by atoms with E-state index in [4.69, 9.17) is 9.15 Å². The lowest BCUT2D eigenvalue weighted by atomic mass is 9.84. The van der Waals surface area contributed by atoms with Crippen molar-refractivity contribution in [3.05, 3.63) is 77.4 Å². The second-order valence-corrected chi connectivity index (χ2v) is 9.26. The van der Waals surface area contributed by atoms with Crippen molar-refractivity contribution in [1.82, 2.24) is 4.98 Å². The molecule has 0 radical (unpaired) electrons. The molecule has 1 N–H and O–H groups in total. The van der Waals surface area contributed by atoms with Gasteiger partial charge in [-0.2, -0.15) is 0 Å². The summed E-state index contributed by atoms with van der Waals surface area (Å²) in [5.74, 6) is 1.70. The summed E-state index contributed by atoms with van der Waals surface area (Å²) >= 11 is 0. The molecule has 3 aromatic carbocycles. The summed E-state index contributed by atoms with van der Waals surface area (Å²) < 4.78 is 11.7. The normalized spacial score (nSPS) is 14.3. The smallest absolute Gasteiger partial charge is 0.262 e. The summed E-state index contributed by atoms with van der Waals surface area (Å²) in [6.45, 7) is 3.94. The molecule has 1 aliphatic rings. The minimum absolute atomic E-state index is 0.0470. The van der Waals surface area contributed by atoms with E-state index < -0.39 is 0 Å². The van der Waals surface area contributed by atoms with Gasteiger partial charge in [-0.05, 0) is 85.7 Å². The Morgan fingerprint density at radius 1 is 1.00 bits per heavy atom. The van der Waals surface area contributed by atoms with Crippen LogP contribution >= 0.6 is 0 Å². The third-order valence-corrected chi connectivity index (χ3v) is 6.63. The van der Waals surface area contributed by atoms with Gasteiger partial charge >= 0.3 is 0 Å². The van der Waals surface area contributed by atoms with Gasteiger partial charge in [-0.1, -0.05) is 43.5 Å². The second-order valence-electron chi connectivity index (χ2n) is 9.26. The Hall–Kier alpha value is -3.60. The van der Waals surface area contributed by atoms with E-state index in [1.165, 1.54) is 37.7 Å². The van der Waals surface area contributed by atoms with E-state index in [-0.39, 0.29) is 12.5 Å². The number of benzene rings is 3. The topological polar surface area (TPSA) is 64.4 Å². The van der Waals surface area contributed by atoms with Crippen molar-refractivity contribution in [2.45, 2.75) is 51.9 Å². The molecule has 5 rings (SSSR count). The molecule has 5 nitrogen and oxygen atoms in total. The first-order valence-corrected chi connectivity index (χ1v) is 12.1. The zero-order valence-corrected chi connectivity index (χ0v) is 19.8. The third kappa shape index (κ3) is 4.98. The molecule has 0 bridgehead atoms. The minimum atomic E-state index is -0.204. The van der Waals surface area contributed by atoms with E-state index in [0.717, 1.165) is 33.5 Å². The first-order valence-electron chi connectivity index (χ1n) is 12.1. The molecule has 174 valence electrons. The fourth-order valence-electron chi connectivity index (χ4n) is 4.66. The molecule has 5 heteroatoms. The van der Waals surface area contributed by atoms with Crippen molar-refractivity contribution in [3.8, 4) is 17.2 Å². The van der Waals surface area contributed by atoms with Gasteiger partial charge in [0.25, 0.3) is 5.91 Å². The molecule has 0 spiro atoms. The molecule has 1 heterocycles. The lowest BCUT2D eigenvalue weighted by molar-refractivity contribution is -0.118. The lowest BCUT2D eigenvalue weighted by Crippen LogP contribution is -2.20. The highest BCUT2D eigenvalue weighted by atomic mass is 16.5. The predicted molar refractivity (Wildman–Crippen MR) is 135 cm³/mol. The van der Waals surface area contributed by atoms with Crippen molar-refractivity contribution in [2.24, 2.45) is 0 Å². The van der Waals surface area contributed by atoms with Crippen LogP contribution in [0.5, 0.6) is 5.75 Å². The first kappa shape index (κ1) is 22.2. The quantitative estimate of drug-likeness (QED) is 0.335. The summed E-state index contributed by atoms with van der Waals surface area (Å²) in [5.41, 5.74) is 6.57. The number of ether oxygens (including phenoxy) is 1. The number of rotatable bonds is 6. The molecule has 0 unspecified atom stereocenters. The summed E-state index contributed by atoms with van der Waals surface area (Å²) in [7, 11) is 0. The molecule has 0 atom stereocenters. The van der Waals surface area contributed by atoms with Gasteiger partial charge in [0.1, 0.15) is 11.3 Å². The molecule has 34 heavy (non-hydrogen) atoms. The number of oxazole rings is 1. The van der Waals surface area contributed by atoms with Crippen LogP contribution in [0.2, 0.25) is 0 Å². The lowest BCUT2D eigenvalue weighted by Gasteiger charge is -2.22. The van der Waals surface area contributed by atoms with E-state index >= 15 is 0 Å². The fourth-order valence-corrected chi connectivity index (χ4v) is 4.66. The fraction of sp³-hybridized carbons (Fsp3) is 0.310. The van der Waals surface area contributed by atoms with Gasteiger partial charge in [-0.3, -0.25) is 4.79 Å². The number of amides is 1. The summed E-state index contributed by atoms with van der Waals surface area (Å²) in [6, 6.07) is 19.9. The van der Waals surface area contributed by atoms with Crippen molar-refractivity contribution in [3.63, 3.8) is 0 Å². The van der Waals surface area contributed by atoms with E-state index in [0.29, 0.717) is 17.6 Å². The molecule has 1 amide bonds. The van der Waals surface area contributed by atoms with Crippen LogP contribution < -0.4 is 10.1 Å². The van der Waals surface area contributed by atoms with E-state index in [1.54, 1.807) is 0 Å². The minimum Gasteiger partial charge on any atom is -0.484 e. The standard InChI is InChI=1S/C29H30N2O3/c1-19-8-15-27-26(16-19)31-29(34-27)23-10-9-20(2)25(17-23)30-28(32)18-33-24-13-11-22(12-14-24)21-6-4-3-5-7-21/h8-17,21H,3-7,18H2,1-2H3,(H,30,32). The monoisotopic (exact) mass is 454 g/mol. The van der Waals surface area contributed by atoms with E-state index in [2.05, 4.69) is 22.4 Å². The maximum Gasteiger partial charge on any atom is 0.262 e. The molecule has 1 aliphatic carbocycles. The highest BCUT2D eigenvalue weighted by molar-refractivity contribution is 5.93. The second kappa shape index (κ2) is 9.72. The predicted octanol–water partition coefficient (Wildman–Crippen LogP) is 7.18. The van der Waals surface area contributed by atoms with Crippen LogP contribution in [0.4, 0.5) is 5.69 Å². The highest BCUT2D eigenvalue weighted by Gasteiger charge is 2.16. The molecule has 1 aromatic heterocycles. The largest absolute Gasteiger partial charge is 0.484 e. The number of anilines is 1. The number of aromatic nitrogens is 1. The van der Waals surface area contributed by atoms with Gasteiger partial charge in [-0.25, -0.2) is 4.98 Å². The van der Waals surface area contributed by atoms with Gasteiger partial charge in [0.05, 0.1) is 0 Å². The Kier molecular flexibility index (Phi) is 6.35. The summed E-state index contributed by atoms with van der Waals surface area (Å²) in [4.78, 5) is 17.2. The molecule has 4 aromatic rings. The Morgan fingerprint density at radius 2 is 1.79 bits per heavy atom. The Bertz CT molecular complexity index is 1300. The van der Waals surface area contributed by atoms with Gasteiger partial charge in [0.2, 0.25) is 5.89 Å². The maximum atomic E-state index is 12.6. The van der Waals surface area contributed by atoms with Gasteiger partial charge in [-0.15, -0.1) is 0 Å². The highest BCUT2D eigenvalue weighted by Crippen LogP contribution is 2.33. The number of carbonyl (C=O) groups is 1. The van der Waals surface area contributed by atoms with Gasteiger partial charge < -0.3 is 14.5 Å². The number of nitrogens with one attached hydrogen (secondary N) is 1. The first-order chi connectivity index (χ1) is 16.5. The number of nitrogens with zero attached hydrogens (tertiary/aromatic N) is 1. The Morgan fingerprint density at radius 3 is 2.59 bits per heavy atom. The average Bonchev–Trinajstić information content (AvgIpc) is 3.28. The average molecular weight is 455 g/mol. The van der Waals surface area contributed by atoms with Crippen LogP contribution in [0.1, 0.15) is 54.7 Å². The Labute approximate surface area is 200 Å². The van der Waals surface area contributed by atoms with Crippen molar-refractivity contribution >= 4 is 22.7 Å². The zero-order chi connectivity index (χ0) is 23.5. The molecule has 0 saturated heterocycles. The SMILES string of the molecule is Cc1ccc2oc(-c3ccc(C)c(NC(=O)COc4ccc(C5CCCCC5)cc4)c3)nc2c1. The van der Waals surface area contributed by atoms with Crippen LogP contribution in [0.25, 0.3) is 22.6 Å². The summed E-state index contributed by atoms with van der Waals surface area (Å²) in [6.07, 6.45) is 6.52.